The van der Waals surface area contributed by atoms with Gasteiger partial charge in [0.15, 0.2) is 0 Å². The van der Waals surface area contributed by atoms with Gasteiger partial charge in [0.25, 0.3) is 0 Å². The van der Waals surface area contributed by atoms with Gasteiger partial charge >= 0.3 is 5.97 Å². The van der Waals surface area contributed by atoms with E-state index in [0.717, 1.165) is 5.75 Å². The molecule has 0 aromatic carbocycles. The monoisotopic (exact) mass is 334 g/mol. The van der Waals surface area contributed by atoms with Crippen LogP contribution in [0.25, 0.3) is 0 Å². The zero-order valence-electron chi connectivity index (χ0n) is 14.0. The Kier molecular flexibility index (Phi) is 18.4. The third kappa shape index (κ3) is 18.1. The van der Waals surface area contributed by atoms with E-state index in [-0.39, 0.29) is 5.97 Å². The Morgan fingerprint density at radius 1 is 0.762 bits per heavy atom. The number of unbranched alkanes of at least 4 members (excludes halogenated alkanes) is 7. The smallest absolute Gasteiger partial charge is 0.306 e. The molecule has 0 unspecified atom stereocenters. The van der Waals surface area contributed by atoms with Gasteiger partial charge in [0, 0.05) is 5.75 Å². The van der Waals surface area contributed by atoms with Crippen molar-refractivity contribution in [3.63, 3.8) is 0 Å². The normalized spacial score (nSPS) is 10.8. The van der Waals surface area contributed by atoms with Crippen molar-refractivity contribution in [3.8, 4) is 0 Å². The average Bonchev–Trinajstić information content (AvgIpc) is 2.50. The van der Waals surface area contributed by atoms with Gasteiger partial charge in [0.2, 0.25) is 0 Å². The number of ether oxygens (including phenoxy) is 1. The van der Waals surface area contributed by atoms with Crippen molar-refractivity contribution >= 4 is 29.5 Å². The van der Waals surface area contributed by atoms with Crippen molar-refractivity contribution < 1.29 is 9.53 Å². The Bertz CT molecular complexity index is 223. The van der Waals surface area contributed by atoms with Gasteiger partial charge in [0.1, 0.15) is 0 Å². The molecule has 0 fully saturated rings. The summed E-state index contributed by atoms with van der Waals surface area (Å²) in [6, 6.07) is 0. The fourth-order valence-corrected chi connectivity index (χ4v) is 3.90. The summed E-state index contributed by atoms with van der Waals surface area (Å²) in [4.78, 5) is 10.9. The van der Waals surface area contributed by atoms with Gasteiger partial charge in [0.05, 0.1) is 13.5 Å². The summed E-state index contributed by atoms with van der Waals surface area (Å²) in [5, 5.41) is 0. The molecule has 0 radical (unpaired) electrons. The number of esters is 1. The highest BCUT2D eigenvalue weighted by Crippen LogP contribution is 2.13. The molecule has 0 aliphatic carbocycles. The predicted octanol–water partition coefficient (Wildman–Crippen LogP) is 5.55. The summed E-state index contributed by atoms with van der Waals surface area (Å²) in [6.45, 7) is 2.25. The lowest BCUT2D eigenvalue weighted by atomic mass is 10.1. The molecule has 0 aliphatic heterocycles. The number of thioether (sulfide) groups is 2. The van der Waals surface area contributed by atoms with E-state index >= 15 is 0 Å². The van der Waals surface area contributed by atoms with Crippen LogP contribution in [0.1, 0.15) is 71.1 Å². The van der Waals surface area contributed by atoms with Crippen LogP contribution in [0.15, 0.2) is 0 Å². The molecule has 0 saturated heterocycles. The topological polar surface area (TPSA) is 26.3 Å². The highest BCUT2D eigenvalue weighted by atomic mass is 32.2. The van der Waals surface area contributed by atoms with Crippen LogP contribution in [0, 0.1) is 0 Å². The molecule has 0 rings (SSSR count). The van der Waals surface area contributed by atoms with Crippen LogP contribution in [-0.2, 0) is 9.53 Å². The van der Waals surface area contributed by atoms with Gasteiger partial charge in [-0.15, -0.1) is 0 Å². The lowest BCUT2D eigenvalue weighted by Gasteiger charge is -2.03. The van der Waals surface area contributed by atoms with Crippen molar-refractivity contribution in [3.05, 3.63) is 0 Å². The number of carbonyl (C=O) groups is 1. The molecule has 0 aromatic heterocycles. The summed E-state index contributed by atoms with van der Waals surface area (Å²) in [5.41, 5.74) is 0. The first-order chi connectivity index (χ1) is 10.3. The SMILES string of the molecule is CCCSCCCCCCCCCCSCCC(=O)OC. The van der Waals surface area contributed by atoms with E-state index < -0.39 is 0 Å². The van der Waals surface area contributed by atoms with Crippen molar-refractivity contribution in [2.45, 2.75) is 71.1 Å². The van der Waals surface area contributed by atoms with Crippen LogP contribution in [0.4, 0.5) is 0 Å². The minimum atomic E-state index is -0.0874. The first-order valence-electron chi connectivity index (χ1n) is 8.53. The number of carbonyl (C=O) groups excluding carboxylic acids is 1. The van der Waals surface area contributed by atoms with E-state index in [0.29, 0.717) is 6.42 Å². The predicted molar refractivity (Wildman–Crippen MR) is 98.5 cm³/mol. The molecule has 126 valence electrons. The largest absolute Gasteiger partial charge is 0.469 e. The fourth-order valence-electron chi connectivity index (χ4n) is 2.07. The standard InChI is InChI=1S/C17H34O2S2/c1-3-13-20-14-10-8-6-4-5-7-9-11-15-21-16-12-17(18)19-2/h3-16H2,1-2H3. The minimum absolute atomic E-state index is 0.0874. The summed E-state index contributed by atoms with van der Waals surface area (Å²) in [6.07, 6.45) is 12.9. The summed E-state index contributed by atoms with van der Waals surface area (Å²) >= 11 is 3.98. The minimum Gasteiger partial charge on any atom is -0.469 e. The molecule has 0 amide bonds. The second-order valence-electron chi connectivity index (χ2n) is 5.38. The van der Waals surface area contributed by atoms with Crippen LogP contribution in [-0.4, -0.2) is 36.1 Å². The third-order valence-corrected chi connectivity index (χ3v) is 5.70. The Balaban J connectivity index is 2.98. The van der Waals surface area contributed by atoms with Crippen molar-refractivity contribution in [2.24, 2.45) is 0 Å². The van der Waals surface area contributed by atoms with Gasteiger partial charge in [-0.3, -0.25) is 4.79 Å². The van der Waals surface area contributed by atoms with E-state index in [4.69, 9.17) is 0 Å². The molecule has 0 heterocycles. The van der Waals surface area contributed by atoms with E-state index in [2.05, 4.69) is 23.4 Å². The number of methoxy groups -OCH3 is 1. The molecule has 0 N–H and O–H groups in total. The Morgan fingerprint density at radius 2 is 1.24 bits per heavy atom. The van der Waals surface area contributed by atoms with E-state index in [1.54, 1.807) is 0 Å². The quantitative estimate of drug-likeness (QED) is 0.273. The Labute approximate surface area is 140 Å². The number of hydrogen-bond donors (Lipinski definition) is 0. The second-order valence-corrected chi connectivity index (χ2v) is 7.83. The van der Waals surface area contributed by atoms with Crippen LogP contribution in [0.3, 0.4) is 0 Å². The summed E-state index contributed by atoms with van der Waals surface area (Å²) in [7, 11) is 1.46. The van der Waals surface area contributed by atoms with Gasteiger partial charge in [-0.25, -0.2) is 0 Å². The van der Waals surface area contributed by atoms with Gasteiger partial charge in [-0.2, -0.15) is 23.5 Å². The molecule has 4 heteroatoms. The number of rotatable bonds is 16. The van der Waals surface area contributed by atoms with E-state index in [1.165, 1.54) is 82.2 Å². The van der Waals surface area contributed by atoms with Gasteiger partial charge < -0.3 is 4.74 Å². The van der Waals surface area contributed by atoms with E-state index in [9.17, 15) is 4.79 Å². The molecular formula is C17H34O2S2. The summed E-state index contributed by atoms with van der Waals surface area (Å²) in [5.74, 6) is 4.69. The zero-order chi connectivity index (χ0) is 15.6. The first kappa shape index (κ1) is 21.2. The molecule has 0 aromatic rings. The van der Waals surface area contributed by atoms with Crippen LogP contribution >= 0.6 is 23.5 Å². The molecule has 0 spiro atoms. The highest BCUT2D eigenvalue weighted by molar-refractivity contribution is 7.99. The summed E-state index contributed by atoms with van der Waals surface area (Å²) < 4.78 is 4.62. The molecule has 0 aliphatic rings. The fraction of sp³-hybridized carbons (Fsp3) is 0.941. The molecule has 21 heavy (non-hydrogen) atoms. The molecule has 0 atom stereocenters. The average molecular weight is 335 g/mol. The second kappa shape index (κ2) is 18.2. The molecule has 2 nitrogen and oxygen atoms in total. The maximum Gasteiger partial charge on any atom is 0.306 e. The van der Waals surface area contributed by atoms with Crippen molar-refractivity contribution in [2.75, 3.05) is 30.1 Å². The molecule has 0 bridgehead atoms. The van der Waals surface area contributed by atoms with Gasteiger partial charge in [-0.05, 0) is 36.5 Å². The van der Waals surface area contributed by atoms with Crippen LogP contribution < -0.4 is 0 Å². The van der Waals surface area contributed by atoms with Crippen LogP contribution in [0.5, 0.6) is 0 Å². The highest BCUT2D eigenvalue weighted by Gasteiger charge is 1.99. The Hall–Kier alpha value is 0.170. The Morgan fingerprint density at radius 3 is 1.71 bits per heavy atom. The molecular weight excluding hydrogens is 300 g/mol. The third-order valence-electron chi connectivity index (χ3n) is 3.35. The first-order valence-corrected chi connectivity index (χ1v) is 10.8. The van der Waals surface area contributed by atoms with Gasteiger partial charge in [-0.1, -0.05) is 45.4 Å². The van der Waals surface area contributed by atoms with E-state index in [1.807, 2.05) is 11.8 Å². The zero-order valence-corrected chi connectivity index (χ0v) is 15.7. The lowest BCUT2D eigenvalue weighted by Crippen LogP contribution is -2.01. The molecule has 0 saturated carbocycles. The number of hydrogen-bond acceptors (Lipinski definition) is 4. The lowest BCUT2D eigenvalue weighted by molar-refractivity contribution is -0.140. The van der Waals surface area contributed by atoms with Crippen molar-refractivity contribution in [1.82, 2.24) is 0 Å². The maximum absolute atomic E-state index is 10.9. The van der Waals surface area contributed by atoms with Crippen molar-refractivity contribution in [1.29, 1.82) is 0 Å². The maximum atomic E-state index is 10.9. The van der Waals surface area contributed by atoms with Crippen LogP contribution in [0.2, 0.25) is 0 Å².